The van der Waals surface area contributed by atoms with Crippen molar-refractivity contribution in [2.24, 2.45) is 10.7 Å². The number of nitrogens with two attached hydrogens (primary N) is 1. The zero-order valence-electron chi connectivity index (χ0n) is 17.2. The van der Waals surface area contributed by atoms with E-state index in [0.717, 1.165) is 40.9 Å². The third kappa shape index (κ3) is 3.93. The highest BCUT2D eigenvalue weighted by Gasteiger charge is 2.38. The van der Waals surface area contributed by atoms with Gasteiger partial charge in [-0.1, -0.05) is 12.1 Å². The van der Waals surface area contributed by atoms with Crippen molar-refractivity contribution in [2.45, 2.75) is 12.5 Å². The fourth-order valence-corrected chi connectivity index (χ4v) is 4.81. The third-order valence-electron chi connectivity index (χ3n) is 5.53. The van der Waals surface area contributed by atoms with Crippen LogP contribution in [0.4, 0.5) is 16.4 Å². The Labute approximate surface area is 180 Å². The SMILES string of the molecule is COC(=O)C(N)(CO)CN1CCN(C2=Nc3ccccc3Nc3sc(C)cc32)CC1. The van der Waals surface area contributed by atoms with Crippen LogP contribution in [0.25, 0.3) is 0 Å². The zero-order valence-corrected chi connectivity index (χ0v) is 18.0. The standard InChI is InChI=1S/C21H27N5O3S/c1-14-11-15-18(23-16-5-3-4-6-17(16)24-19(15)30-14)26-9-7-25(8-10-26)12-21(22,13-27)20(28)29-2/h3-6,11,24,27H,7-10,12-13,22H2,1-2H3. The maximum Gasteiger partial charge on any atom is 0.329 e. The van der Waals surface area contributed by atoms with Crippen molar-refractivity contribution in [2.75, 3.05) is 51.8 Å². The van der Waals surface area contributed by atoms with Gasteiger partial charge in [-0.05, 0) is 25.1 Å². The highest BCUT2D eigenvalue weighted by Crippen LogP contribution is 2.39. The Morgan fingerprint density at radius 3 is 2.77 bits per heavy atom. The van der Waals surface area contributed by atoms with Gasteiger partial charge >= 0.3 is 5.97 Å². The van der Waals surface area contributed by atoms with E-state index >= 15 is 0 Å². The van der Waals surface area contributed by atoms with Crippen LogP contribution in [0.2, 0.25) is 0 Å². The molecule has 2 aliphatic rings. The molecule has 3 heterocycles. The fourth-order valence-electron chi connectivity index (χ4n) is 3.89. The smallest absolute Gasteiger partial charge is 0.329 e. The number of aliphatic hydroxyl groups is 1. The van der Waals surface area contributed by atoms with Gasteiger partial charge in [0.05, 0.1) is 30.7 Å². The Kier molecular flexibility index (Phi) is 5.79. The summed E-state index contributed by atoms with van der Waals surface area (Å²) in [5.74, 6) is 0.363. The van der Waals surface area contributed by atoms with Gasteiger partial charge in [-0.25, -0.2) is 9.79 Å². The van der Waals surface area contributed by atoms with Gasteiger partial charge in [-0.2, -0.15) is 0 Å². The highest BCUT2D eigenvalue weighted by molar-refractivity contribution is 7.16. The summed E-state index contributed by atoms with van der Waals surface area (Å²) < 4.78 is 4.77. The second-order valence-corrected chi connectivity index (χ2v) is 9.00. The summed E-state index contributed by atoms with van der Waals surface area (Å²) in [5.41, 5.74) is 7.72. The summed E-state index contributed by atoms with van der Waals surface area (Å²) in [6.07, 6.45) is 0. The van der Waals surface area contributed by atoms with Crippen LogP contribution in [0.3, 0.4) is 0 Å². The molecule has 30 heavy (non-hydrogen) atoms. The number of hydrogen-bond donors (Lipinski definition) is 3. The Bertz CT molecular complexity index is 967. The lowest BCUT2D eigenvalue weighted by Gasteiger charge is -2.39. The van der Waals surface area contributed by atoms with Gasteiger partial charge in [0.15, 0.2) is 5.54 Å². The molecule has 0 bridgehead atoms. The number of aliphatic hydroxyl groups excluding tert-OH is 1. The van der Waals surface area contributed by atoms with Gasteiger partial charge in [0.1, 0.15) is 10.8 Å². The highest BCUT2D eigenvalue weighted by atomic mass is 32.1. The van der Waals surface area contributed by atoms with E-state index < -0.39 is 18.1 Å². The molecular weight excluding hydrogens is 402 g/mol. The number of thiophene rings is 1. The van der Waals surface area contributed by atoms with E-state index in [-0.39, 0.29) is 6.54 Å². The molecule has 160 valence electrons. The van der Waals surface area contributed by atoms with Crippen LogP contribution < -0.4 is 11.1 Å². The van der Waals surface area contributed by atoms with Crippen LogP contribution in [-0.2, 0) is 9.53 Å². The van der Waals surface area contributed by atoms with E-state index in [9.17, 15) is 9.90 Å². The van der Waals surface area contributed by atoms with Crippen LogP contribution >= 0.6 is 11.3 Å². The number of methoxy groups -OCH3 is 1. The molecule has 0 amide bonds. The first-order chi connectivity index (χ1) is 14.4. The predicted molar refractivity (Wildman–Crippen MR) is 119 cm³/mol. The monoisotopic (exact) mass is 429 g/mol. The summed E-state index contributed by atoms with van der Waals surface area (Å²) in [6, 6.07) is 10.2. The molecule has 1 aromatic heterocycles. The number of para-hydroxylation sites is 2. The van der Waals surface area contributed by atoms with E-state index in [1.54, 1.807) is 11.3 Å². The van der Waals surface area contributed by atoms with E-state index in [4.69, 9.17) is 15.5 Å². The number of ether oxygens (including phenoxy) is 1. The van der Waals surface area contributed by atoms with Crippen LogP contribution in [0.15, 0.2) is 35.3 Å². The van der Waals surface area contributed by atoms with Crippen molar-refractivity contribution in [1.82, 2.24) is 9.80 Å². The molecule has 1 saturated heterocycles. The molecule has 8 nitrogen and oxygen atoms in total. The maximum absolute atomic E-state index is 12.0. The number of fused-ring (bicyclic) bond motifs is 2. The summed E-state index contributed by atoms with van der Waals surface area (Å²) in [6.45, 7) is 4.82. The lowest BCUT2D eigenvalue weighted by molar-refractivity contribution is -0.149. The Morgan fingerprint density at radius 1 is 1.33 bits per heavy atom. The van der Waals surface area contributed by atoms with E-state index in [1.807, 2.05) is 24.3 Å². The minimum Gasteiger partial charge on any atom is -0.468 e. The van der Waals surface area contributed by atoms with Crippen molar-refractivity contribution >= 4 is 39.5 Å². The van der Waals surface area contributed by atoms with E-state index in [0.29, 0.717) is 13.1 Å². The number of carbonyl (C=O) groups excluding carboxylic acids is 1. The van der Waals surface area contributed by atoms with Gasteiger partial charge < -0.3 is 25.8 Å². The second kappa shape index (κ2) is 8.35. The van der Waals surface area contributed by atoms with Crippen LogP contribution in [-0.4, -0.2) is 78.7 Å². The number of nitrogens with zero attached hydrogens (tertiary/aromatic N) is 3. The molecule has 0 spiro atoms. The van der Waals surface area contributed by atoms with Gasteiger partial charge in [0.25, 0.3) is 0 Å². The molecule has 1 fully saturated rings. The largest absolute Gasteiger partial charge is 0.468 e. The summed E-state index contributed by atoms with van der Waals surface area (Å²) in [5, 5.41) is 14.3. The maximum atomic E-state index is 12.0. The first-order valence-electron chi connectivity index (χ1n) is 9.94. The van der Waals surface area contributed by atoms with E-state index in [2.05, 4.69) is 28.1 Å². The molecule has 2 aliphatic heterocycles. The topological polar surface area (TPSA) is 103 Å². The van der Waals surface area contributed by atoms with Gasteiger partial charge in [-0.3, -0.25) is 4.90 Å². The number of aliphatic imine (C=N–C) groups is 1. The third-order valence-corrected chi connectivity index (χ3v) is 6.49. The number of hydrogen-bond acceptors (Lipinski definition) is 9. The molecule has 4 rings (SSSR count). The number of amidine groups is 1. The average molecular weight is 430 g/mol. The molecule has 4 N–H and O–H groups in total. The van der Waals surface area contributed by atoms with Crippen molar-refractivity contribution < 1.29 is 14.6 Å². The molecule has 1 aromatic carbocycles. The second-order valence-electron chi connectivity index (χ2n) is 7.75. The van der Waals surface area contributed by atoms with Gasteiger partial charge in [0.2, 0.25) is 0 Å². The Hall–Kier alpha value is -2.46. The molecule has 0 aliphatic carbocycles. The number of aryl methyl sites for hydroxylation is 1. The first kappa shape index (κ1) is 20.8. The van der Waals surface area contributed by atoms with Crippen LogP contribution in [0, 0.1) is 6.92 Å². The number of rotatable bonds is 4. The normalized spacial score (nSPS) is 18.4. The van der Waals surface area contributed by atoms with Gasteiger partial charge in [0, 0.05) is 37.6 Å². The summed E-state index contributed by atoms with van der Waals surface area (Å²) in [4.78, 5) is 22.6. The molecular formula is C21H27N5O3S. The predicted octanol–water partition coefficient (Wildman–Crippen LogP) is 1.67. The van der Waals surface area contributed by atoms with Crippen molar-refractivity contribution in [3.63, 3.8) is 0 Å². The Morgan fingerprint density at radius 2 is 2.07 bits per heavy atom. The molecule has 2 aromatic rings. The number of benzene rings is 1. The molecule has 9 heteroatoms. The minimum atomic E-state index is -1.41. The number of nitrogens with one attached hydrogen (secondary N) is 1. The van der Waals surface area contributed by atoms with Crippen molar-refractivity contribution in [3.05, 3.63) is 40.8 Å². The van der Waals surface area contributed by atoms with E-state index in [1.165, 1.54) is 12.0 Å². The molecule has 1 atom stereocenters. The number of carbonyl (C=O) groups is 1. The zero-order chi connectivity index (χ0) is 21.3. The minimum absolute atomic E-state index is 0.254. The Balaban J connectivity index is 1.54. The molecule has 0 saturated carbocycles. The van der Waals surface area contributed by atoms with Crippen molar-refractivity contribution in [3.8, 4) is 0 Å². The van der Waals surface area contributed by atoms with Crippen LogP contribution in [0.5, 0.6) is 0 Å². The lowest BCUT2D eigenvalue weighted by Crippen LogP contribution is -2.62. The summed E-state index contributed by atoms with van der Waals surface area (Å²) >= 11 is 1.73. The fraction of sp³-hybridized carbons (Fsp3) is 0.429. The number of anilines is 2. The van der Waals surface area contributed by atoms with Gasteiger partial charge in [-0.15, -0.1) is 11.3 Å². The number of piperazine rings is 1. The molecule has 1 unspecified atom stereocenters. The summed E-state index contributed by atoms with van der Waals surface area (Å²) in [7, 11) is 1.29. The van der Waals surface area contributed by atoms with Crippen molar-refractivity contribution in [1.29, 1.82) is 0 Å². The number of esters is 1. The quantitative estimate of drug-likeness (QED) is 0.635. The first-order valence-corrected chi connectivity index (χ1v) is 10.8. The molecule has 0 radical (unpaired) electrons. The lowest BCUT2D eigenvalue weighted by atomic mass is 10.0. The average Bonchev–Trinajstić information content (AvgIpc) is 3.05. The van der Waals surface area contributed by atoms with Crippen LogP contribution in [0.1, 0.15) is 10.4 Å².